The van der Waals surface area contributed by atoms with Crippen molar-refractivity contribution in [3.63, 3.8) is 0 Å². The molecule has 7 heteroatoms. The van der Waals surface area contributed by atoms with E-state index in [4.69, 9.17) is 16.1 Å². The summed E-state index contributed by atoms with van der Waals surface area (Å²) in [4.78, 5) is 16.4. The maximum absolute atomic E-state index is 12.1. The average Bonchev–Trinajstić information content (AvgIpc) is 3.16. The summed E-state index contributed by atoms with van der Waals surface area (Å²) < 4.78 is 5.17. The SMILES string of the molecule is O=C(NCc1noc(C2CC2)n1)N[C@@H]1CCc2cc(Cl)ccc21. The van der Waals surface area contributed by atoms with E-state index in [-0.39, 0.29) is 18.6 Å². The second kappa shape index (κ2) is 5.85. The zero-order valence-corrected chi connectivity index (χ0v) is 13.3. The van der Waals surface area contributed by atoms with Crippen LogP contribution in [0.4, 0.5) is 4.79 Å². The van der Waals surface area contributed by atoms with Gasteiger partial charge in [-0.25, -0.2) is 4.79 Å². The van der Waals surface area contributed by atoms with Crippen LogP contribution < -0.4 is 10.6 Å². The number of urea groups is 1. The minimum atomic E-state index is -0.226. The first-order valence-corrected chi connectivity index (χ1v) is 8.22. The molecule has 0 spiro atoms. The minimum absolute atomic E-state index is 0.0227. The Morgan fingerprint density at radius 1 is 1.35 bits per heavy atom. The summed E-state index contributed by atoms with van der Waals surface area (Å²) in [7, 11) is 0. The molecule has 0 unspecified atom stereocenters. The topological polar surface area (TPSA) is 80.1 Å². The molecule has 0 bridgehead atoms. The molecule has 1 aromatic carbocycles. The van der Waals surface area contributed by atoms with Gasteiger partial charge in [-0.1, -0.05) is 22.8 Å². The molecule has 0 saturated heterocycles. The molecule has 6 nitrogen and oxygen atoms in total. The lowest BCUT2D eigenvalue weighted by Crippen LogP contribution is -2.37. The van der Waals surface area contributed by atoms with Crippen LogP contribution >= 0.6 is 11.6 Å². The highest BCUT2D eigenvalue weighted by molar-refractivity contribution is 6.30. The van der Waals surface area contributed by atoms with Gasteiger partial charge in [-0.05, 0) is 48.9 Å². The molecule has 0 aliphatic heterocycles. The normalized spacial score (nSPS) is 19.4. The zero-order valence-electron chi connectivity index (χ0n) is 12.5. The molecular formula is C16H17ClN4O2. The van der Waals surface area contributed by atoms with Gasteiger partial charge in [-0.2, -0.15) is 4.98 Å². The van der Waals surface area contributed by atoms with E-state index >= 15 is 0 Å². The first kappa shape index (κ1) is 14.5. The van der Waals surface area contributed by atoms with E-state index in [0.717, 1.165) is 36.3 Å². The minimum Gasteiger partial charge on any atom is -0.339 e. The fourth-order valence-electron chi connectivity index (χ4n) is 2.94. The lowest BCUT2D eigenvalue weighted by molar-refractivity contribution is 0.236. The first-order valence-electron chi connectivity index (χ1n) is 7.84. The van der Waals surface area contributed by atoms with Gasteiger partial charge >= 0.3 is 6.03 Å². The number of halogens is 1. The van der Waals surface area contributed by atoms with Crippen LogP contribution in [-0.2, 0) is 13.0 Å². The van der Waals surface area contributed by atoms with Crippen LogP contribution in [0.25, 0.3) is 0 Å². The Morgan fingerprint density at radius 3 is 3.04 bits per heavy atom. The van der Waals surface area contributed by atoms with Crippen molar-refractivity contribution in [3.05, 3.63) is 46.1 Å². The van der Waals surface area contributed by atoms with Gasteiger partial charge in [0.25, 0.3) is 0 Å². The first-order chi connectivity index (χ1) is 11.2. The maximum atomic E-state index is 12.1. The Kier molecular flexibility index (Phi) is 3.69. The van der Waals surface area contributed by atoms with Crippen LogP contribution in [0.15, 0.2) is 22.7 Å². The van der Waals surface area contributed by atoms with E-state index in [1.54, 1.807) is 0 Å². The summed E-state index contributed by atoms with van der Waals surface area (Å²) in [6.07, 6.45) is 4.04. The van der Waals surface area contributed by atoms with E-state index in [9.17, 15) is 4.79 Å². The number of nitrogens with one attached hydrogen (secondary N) is 2. The van der Waals surface area contributed by atoms with Gasteiger partial charge in [-0.3, -0.25) is 0 Å². The van der Waals surface area contributed by atoms with Gasteiger partial charge in [0, 0.05) is 10.9 Å². The van der Waals surface area contributed by atoms with Crippen LogP contribution in [0, 0.1) is 0 Å². The van der Waals surface area contributed by atoms with Crippen molar-refractivity contribution in [1.29, 1.82) is 0 Å². The summed E-state index contributed by atoms with van der Waals surface area (Å²) >= 11 is 6.00. The molecule has 120 valence electrons. The lowest BCUT2D eigenvalue weighted by Gasteiger charge is -2.14. The third-order valence-electron chi connectivity index (χ3n) is 4.31. The van der Waals surface area contributed by atoms with Gasteiger partial charge in [0.1, 0.15) is 0 Å². The van der Waals surface area contributed by atoms with E-state index in [1.165, 1.54) is 5.56 Å². The van der Waals surface area contributed by atoms with Crippen LogP contribution in [0.1, 0.15) is 54.1 Å². The van der Waals surface area contributed by atoms with Crippen molar-refractivity contribution >= 4 is 17.6 Å². The molecule has 1 heterocycles. The van der Waals surface area contributed by atoms with E-state index in [0.29, 0.717) is 17.6 Å². The fourth-order valence-corrected chi connectivity index (χ4v) is 3.13. The smallest absolute Gasteiger partial charge is 0.315 e. The Balaban J connectivity index is 1.32. The van der Waals surface area contributed by atoms with Gasteiger partial charge in [0.2, 0.25) is 5.89 Å². The highest BCUT2D eigenvalue weighted by atomic mass is 35.5. The molecule has 1 aromatic heterocycles. The number of hydrogen-bond donors (Lipinski definition) is 2. The van der Waals surface area contributed by atoms with Crippen LogP contribution in [0.2, 0.25) is 5.02 Å². The molecule has 0 radical (unpaired) electrons. The second-order valence-corrected chi connectivity index (χ2v) is 6.52. The van der Waals surface area contributed by atoms with Crippen molar-refractivity contribution < 1.29 is 9.32 Å². The molecule has 1 saturated carbocycles. The number of amides is 2. The fraction of sp³-hybridized carbons (Fsp3) is 0.438. The predicted octanol–water partition coefficient (Wildman–Crippen LogP) is 3.09. The number of carbonyl (C=O) groups excluding carboxylic acids is 1. The van der Waals surface area contributed by atoms with Crippen molar-refractivity contribution in [1.82, 2.24) is 20.8 Å². The average molecular weight is 333 g/mol. The van der Waals surface area contributed by atoms with Crippen molar-refractivity contribution in [2.24, 2.45) is 0 Å². The zero-order chi connectivity index (χ0) is 15.8. The summed E-state index contributed by atoms with van der Waals surface area (Å²) in [5, 5.41) is 10.4. The molecule has 2 aromatic rings. The largest absolute Gasteiger partial charge is 0.339 e. The summed E-state index contributed by atoms with van der Waals surface area (Å²) in [5.74, 6) is 1.62. The number of aryl methyl sites for hydroxylation is 1. The number of aromatic nitrogens is 2. The summed E-state index contributed by atoms with van der Waals surface area (Å²) in [5.41, 5.74) is 2.34. The second-order valence-electron chi connectivity index (χ2n) is 6.08. The molecular weight excluding hydrogens is 316 g/mol. The molecule has 2 N–H and O–H groups in total. The third kappa shape index (κ3) is 3.17. The van der Waals surface area contributed by atoms with Gasteiger partial charge < -0.3 is 15.2 Å². The highest BCUT2D eigenvalue weighted by Gasteiger charge is 2.29. The molecule has 1 atom stereocenters. The molecule has 2 aliphatic rings. The molecule has 2 amide bonds. The highest BCUT2D eigenvalue weighted by Crippen LogP contribution is 2.38. The molecule has 23 heavy (non-hydrogen) atoms. The third-order valence-corrected chi connectivity index (χ3v) is 4.54. The Morgan fingerprint density at radius 2 is 2.22 bits per heavy atom. The Labute approximate surface area is 138 Å². The Hall–Kier alpha value is -2.08. The van der Waals surface area contributed by atoms with Crippen LogP contribution in [-0.4, -0.2) is 16.2 Å². The van der Waals surface area contributed by atoms with Crippen LogP contribution in [0.3, 0.4) is 0 Å². The van der Waals surface area contributed by atoms with Gasteiger partial charge in [0.05, 0.1) is 12.6 Å². The number of nitrogens with zero attached hydrogens (tertiary/aromatic N) is 2. The van der Waals surface area contributed by atoms with E-state index < -0.39 is 0 Å². The predicted molar refractivity (Wildman–Crippen MR) is 84.2 cm³/mol. The maximum Gasteiger partial charge on any atom is 0.315 e. The number of carbonyl (C=O) groups is 1. The quantitative estimate of drug-likeness (QED) is 0.901. The standard InChI is InChI=1S/C16H17ClN4O2/c17-11-4-5-12-10(7-11)3-6-13(12)19-16(22)18-8-14-20-15(23-21-14)9-1-2-9/h4-5,7,9,13H,1-3,6,8H2,(H2,18,19,22)/t13-/m1/s1. The van der Waals surface area contributed by atoms with Crippen molar-refractivity contribution in [2.45, 2.75) is 44.2 Å². The van der Waals surface area contributed by atoms with E-state index in [1.807, 2.05) is 18.2 Å². The van der Waals surface area contributed by atoms with Gasteiger partial charge in [0.15, 0.2) is 5.82 Å². The molecule has 2 aliphatic carbocycles. The number of rotatable bonds is 4. The van der Waals surface area contributed by atoms with Crippen molar-refractivity contribution in [2.75, 3.05) is 0 Å². The molecule has 1 fully saturated rings. The van der Waals surface area contributed by atoms with Gasteiger partial charge in [-0.15, -0.1) is 0 Å². The number of fused-ring (bicyclic) bond motifs is 1. The summed E-state index contributed by atoms with van der Waals surface area (Å²) in [6.45, 7) is 0.266. The molecule has 4 rings (SSSR count). The lowest BCUT2D eigenvalue weighted by atomic mass is 10.1. The summed E-state index contributed by atoms with van der Waals surface area (Å²) in [6, 6.07) is 5.60. The monoisotopic (exact) mass is 332 g/mol. The van der Waals surface area contributed by atoms with Crippen molar-refractivity contribution in [3.8, 4) is 0 Å². The number of hydrogen-bond acceptors (Lipinski definition) is 4. The van der Waals surface area contributed by atoms with Crippen LogP contribution in [0.5, 0.6) is 0 Å². The number of benzene rings is 1. The van der Waals surface area contributed by atoms with E-state index in [2.05, 4.69) is 20.8 Å². The Bertz CT molecular complexity index is 741.